The zero-order valence-corrected chi connectivity index (χ0v) is 24.4. The molecule has 6 rings (SSSR count). The summed E-state index contributed by atoms with van der Waals surface area (Å²) in [5.41, 5.74) is 8.06. The van der Waals surface area contributed by atoms with E-state index in [0.717, 1.165) is 51.5 Å². The Bertz CT molecular complexity index is 1730. The molecule has 0 N–H and O–H groups in total. The highest BCUT2D eigenvalue weighted by atomic mass is 32.2. The van der Waals surface area contributed by atoms with Crippen molar-refractivity contribution < 1.29 is 0 Å². The van der Waals surface area contributed by atoms with E-state index < -0.39 is 0 Å². The normalized spacial score (nSPS) is 11.1. The van der Waals surface area contributed by atoms with Crippen molar-refractivity contribution in [2.45, 2.75) is 36.7 Å². The molecular weight excluding hydrogens is 522 g/mol. The number of para-hydroxylation sites is 2. The van der Waals surface area contributed by atoms with Gasteiger partial charge in [0.2, 0.25) is 5.95 Å². The monoisotopic (exact) mass is 555 g/mol. The molecule has 0 atom stereocenters. The van der Waals surface area contributed by atoms with Crippen molar-refractivity contribution in [2.75, 3.05) is 4.90 Å². The van der Waals surface area contributed by atoms with Crippen LogP contribution in [0.2, 0.25) is 0 Å². The molecule has 0 aliphatic rings. The fourth-order valence-corrected chi connectivity index (χ4v) is 6.11. The maximum absolute atomic E-state index is 5.20. The van der Waals surface area contributed by atoms with E-state index in [4.69, 9.17) is 4.98 Å². The van der Waals surface area contributed by atoms with Crippen LogP contribution in [0.25, 0.3) is 16.9 Å². The lowest BCUT2D eigenvalue weighted by Crippen LogP contribution is -2.14. The van der Waals surface area contributed by atoms with Gasteiger partial charge in [0.1, 0.15) is 0 Å². The quantitative estimate of drug-likeness (QED) is 0.178. The molecule has 0 aliphatic carbocycles. The Labute approximate surface area is 246 Å². The topological polar surface area (TPSA) is 38.9 Å². The van der Waals surface area contributed by atoms with Crippen LogP contribution in [0.3, 0.4) is 0 Å². The van der Waals surface area contributed by atoms with Crippen molar-refractivity contribution in [1.29, 1.82) is 0 Å². The highest BCUT2D eigenvalue weighted by molar-refractivity contribution is 7.99. The molecule has 6 heteroatoms. The van der Waals surface area contributed by atoms with Crippen LogP contribution in [0.15, 0.2) is 132 Å². The maximum atomic E-state index is 5.20. The van der Waals surface area contributed by atoms with Crippen LogP contribution in [0.5, 0.6) is 0 Å². The molecule has 0 radical (unpaired) electrons. The molecule has 0 saturated heterocycles. The molecule has 5 nitrogen and oxygen atoms in total. The maximum Gasteiger partial charge on any atom is 0.214 e. The van der Waals surface area contributed by atoms with Crippen LogP contribution in [-0.2, 0) is 19.9 Å². The summed E-state index contributed by atoms with van der Waals surface area (Å²) in [6.45, 7) is 4.44. The molecule has 0 bridgehead atoms. The molecule has 0 spiro atoms. The van der Waals surface area contributed by atoms with E-state index in [0.29, 0.717) is 0 Å². The van der Waals surface area contributed by atoms with Gasteiger partial charge >= 0.3 is 0 Å². The van der Waals surface area contributed by atoms with Crippen molar-refractivity contribution in [1.82, 2.24) is 19.1 Å². The zero-order chi connectivity index (χ0) is 28.2. The third-order valence-electron chi connectivity index (χ3n) is 7.24. The first-order chi connectivity index (χ1) is 20.2. The zero-order valence-electron chi connectivity index (χ0n) is 23.6. The average Bonchev–Trinajstić information content (AvgIpc) is 3.64. The second-order valence-electron chi connectivity index (χ2n) is 9.89. The van der Waals surface area contributed by atoms with Gasteiger partial charge in [0.05, 0.1) is 17.1 Å². The lowest BCUT2D eigenvalue weighted by atomic mass is 10.0. The van der Waals surface area contributed by atoms with Crippen molar-refractivity contribution in [3.8, 4) is 16.9 Å². The smallest absolute Gasteiger partial charge is 0.214 e. The minimum Gasteiger partial charge on any atom is -0.320 e. The number of benzene rings is 4. The van der Waals surface area contributed by atoms with Crippen LogP contribution in [0.4, 0.5) is 17.3 Å². The van der Waals surface area contributed by atoms with E-state index in [1.807, 2.05) is 36.1 Å². The SMILES string of the molecule is CCc1cccc(CC)c1-n1cc(-c2ccccc2)nc1Sc1cccc(N(c2ccccc2)c2nccn2C)c1. The number of hydrogen-bond donors (Lipinski definition) is 0. The van der Waals surface area contributed by atoms with Crippen LogP contribution in [0.1, 0.15) is 25.0 Å². The second-order valence-corrected chi connectivity index (χ2v) is 10.9. The Morgan fingerprint density at radius 2 is 1.41 bits per heavy atom. The van der Waals surface area contributed by atoms with E-state index in [1.165, 1.54) is 16.8 Å². The summed E-state index contributed by atoms with van der Waals surface area (Å²) < 4.78 is 4.34. The number of nitrogens with zero attached hydrogens (tertiary/aromatic N) is 5. The van der Waals surface area contributed by atoms with Crippen LogP contribution in [-0.4, -0.2) is 19.1 Å². The molecule has 0 saturated carbocycles. The van der Waals surface area contributed by atoms with Gasteiger partial charge in [-0.2, -0.15) is 0 Å². The summed E-state index contributed by atoms with van der Waals surface area (Å²) in [5, 5.41) is 0.944. The van der Waals surface area contributed by atoms with Gasteiger partial charge in [0.15, 0.2) is 5.16 Å². The van der Waals surface area contributed by atoms with E-state index >= 15 is 0 Å². The molecule has 4 aromatic carbocycles. The first-order valence-corrected chi connectivity index (χ1v) is 14.8. The third-order valence-corrected chi connectivity index (χ3v) is 8.20. The van der Waals surface area contributed by atoms with Crippen LogP contribution >= 0.6 is 11.8 Å². The number of anilines is 3. The summed E-state index contributed by atoms with van der Waals surface area (Å²) in [5.74, 6) is 0.857. The van der Waals surface area contributed by atoms with Gasteiger partial charge in [0, 0.05) is 41.8 Å². The molecule has 0 fully saturated rings. The molecule has 204 valence electrons. The summed E-state index contributed by atoms with van der Waals surface area (Å²) in [6.07, 6.45) is 7.92. The van der Waals surface area contributed by atoms with Crippen molar-refractivity contribution >= 4 is 29.1 Å². The van der Waals surface area contributed by atoms with Gasteiger partial charge in [-0.3, -0.25) is 9.47 Å². The van der Waals surface area contributed by atoms with Gasteiger partial charge in [-0.1, -0.05) is 98.4 Å². The summed E-state index contributed by atoms with van der Waals surface area (Å²) >= 11 is 1.69. The highest BCUT2D eigenvalue weighted by Gasteiger charge is 2.20. The number of aromatic nitrogens is 4. The Morgan fingerprint density at radius 3 is 2.07 bits per heavy atom. The van der Waals surface area contributed by atoms with Crippen molar-refractivity contribution in [3.05, 3.63) is 133 Å². The van der Waals surface area contributed by atoms with E-state index in [-0.39, 0.29) is 0 Å². The molecule has 6 aromatic rings. The third kappa shape index (κ3) is 5.43. The lowest BCUT2D eigenvalue weighted by Gasteiger charge is -2.24. The van der Waals surface area contributed by atoms with Crippen LogP contribution in [0, 0.1) is 0 Å². The van der Waals surface area contributed by atoms with Crippen molar-refractivity contribution in [3.63, 3.8) is 0 Å². The van der Waals surface area contributed by atoms with E-state index in [9.17, 15) is 0 Å². The summed E-state index contributed by atoms with van der Waals surface area (Å²) in [7, 11) is 2.02. The molecule has 2 aromatic heterocycles. The van der Waals surface area contributed by atoms with Gasteiger partial charge in [-0.25, -0.2) is 9.97 Å². The number of hydrogen-bond acceptors (Lipinski definition) is 4. The molecule has 0 aliphatic heterocycles. The number of aryl methyl sites for hydroxylation is 3. The minimum absolute atomic E-state index is 0.857. The first kappa shape index (κ1) is 26.7. The Morgan fingerprint density at radius 1 is 0.756 bits per heavy atom. The van der Waals surface area contributed by atoms with Crippen LogP contribution < -0.4 is 4.90 Å². The number of imidazole rings is 2. The number of rotatable bonds is 9. The fraction of sp³-hybridized carbons (Fsp3) is 0.143. The fourth-order valence-electron chi connectivity index (χ4n) is 5.19. The van der Waals surface area contributed by atoms with Gasteiger partial charge in [-0.05, 0) is 54.3 Å². The largest absolute Gasteiger partial charge is 0.320 e. The summed E-state index contributed by atoms with van der Waals surface area (Å²) in [4.78, 5) is 13.2. The first-order valence-electron chi connectivity index (χ1n) is 14.0. The van der Waals surface area contributed by atoms with Gasteiger partial charge in [-0.15, -0.1) is 0 Å². The van der Waals surface area contributed by atoms with Gasteiger partial charge in [0.25, 0.3) is 0 Å². The molecule has 41 heavy (non-hydrogen) atoms. The highest BCUT2D eigenvalue weighted by Crippen LogP contribution is 2.38. The lowest BCUT2D eigenvalue weighted by molar-refractivity contribution is 0.860. The molecule has 0 amide bonds. The standard InChI is InChI=1S/C35H33N5S/c1-4-26-16-12-17-27(5-2)33(26)39-25-32(28-14-8-6-9-15-28)37-35(39)41-31-21-13-20-30(24-31)40(29-18-10-7-11-19-29)34-36-22-23-38(34)3/h6-25H,4-5H2,1-3H3. The summed E-state index contributed by atoms with van der Waals surface area (Å²) in [6, 6.07) is 36.1. The predicted molar refractivity (Wildman–Crippen MR) is 170 cm³/mol. The van der Waals surface area contributed by atoms with Gasteiger partial charge < -0.3 is 4.57 Å². The molecule has 0 unspecified atom stereocenters. The Hall–Kier alpha value is -4.55. The molecular formula is C35H33N5S. The van der Waals surface area contributed by atoms with E-state index in [1.54, 1.807) is 11.8 Å². The minimum atomic E-state index is 0.857. The average molecular weight is 556 g/mol. The van der Waals surface area contributed by atoms with E-state index in [2.05, 4.69) is 125 Å². The van der Waals surface area contributed by atoms with Crippen molar-refractivity contribution in [2.24, 2.45) is 7.05 Å². The predicted octanol–water partition coefficient (Wildman–Crippen LogP) is 9.02. The Balaban J connectivity index is 1.46. The second kappa shape index (κ2) is 11.9. The Kier molecular flexibility index (Phi) is 7.74. The molecule has 2 heterocycles.